The van der Waals surface area contributed by atoms with E-state index in [-0.39, 0.29) is 0 Å². The van der Waals surface area contributed by atoms with Crippen molar-refractivity contribution in [2.24, 2.45) is 0 Å². The molecule has 0 saturated heterocycles. The molecule has 1 aliphatic heterocycles. The van der Waals surface area contributed by atoms with E-state index in [1.807, 2.05) is 6.20 Å². The van der Waals surface area contributed by atoms with Crippen molar-refractivity contribution < 1.29 is 0 Å². The third-order valence-electron chi connectivity index (χ3n) is 3.40. The topological polar surface area (TPSA) is 28.2 Å². The molecule has 5 heteroatoms. The van der Waals surface area contributed by atoms with E-state index in [2.05, 4.69) is 40.4 Å². The molecule has 0 saturated carbocycles. The molecule has 0 aliphatic carbocycles. The third kappa shape index (κ3) is 3.08. The summed E-state index contributed by atoms with van der Waals surface area (Å²) in [5.74, 6) is 0. The Morgan fingerprint density at radius 1 is 1.42 bits per heavy atom. The van der Waals surface area contributed by atoms with Gasteiger partial charge in [-0.15, -0.1) is 11.3 Å². The van der Waals surface area contributed by atoms with E-state index in [9.17, 15) is 0 Å². The van der Waals surface area contributed by atoms with Crippen LogP contribution in [0, 0.1) is 0 Å². The monoisotopic (exact) mass is 293 g/mol. The zero-order valence-electron chi connectivity index (χ0n) is 10.8. The van der Waals surface area contributed by atoms with Gasteiger partial charge in [0.1, 0.15) is 0 Å². The fraction of sp³-hybridized carbons (Fsp3) is 0.357. The number of rotatable bonds is 3. The van der Waals surface area contributed by atoms with Crippen LogP contribution < -0.4 is 5.32 Å². The normalized spacial score (nSPS) is 15.3. The fourth-order valence-corrected chi connectivity index (χ4v) is 3.28. The highest BCUT2D eigenvalue weighted by molar-refractivity contribution is 7.15. The second-order valence-electron chi connectivity index (χ2n) is 4.90. The summed E-state index contributed by atoms with van der Waals surface area (Å²) in [6.45, 7) is 2.97. The molecule has 3 rings (SSSR count). The molecule has 0 bridgehead atoms. The Morgan fingerprint density at radius 3 is 3.11 bits per heavy atom. The van der Waals surface area contributed by atoms with Crippen LogP contribution in [0.5, 0.6) is 0 Å². The van der Waals surface area contributed by atoms with E-state index < -0.39 is 0 Å². The Morgan fingerprint density at radius 2 is 2.32 bits per heavy atom. The van der Waals surface area contributed by atoms with E-state index in [1.165, 1.54) is 28.2 Å². The van der Waals surface area contributed by atoms with Gasteiger partial charge in [-0.05, 0) is 36.7 Å². The summed E-state index contributed by atoms with van der Waals surface area (Å²) < 4.78 is 0.601. The molecule has 2 aromatic rings. The quantitative estimate of drug-likeness (QED) is 0.940. The molecule has 1 aliphatic rings. The first-order valence-corrected chi connectivity index (χ1v) is 7.54. The fourth-order valence-electron chi connectivity index (χ4n) is 2.36. The van der Waals surface area contributed by atoms with E-state index in [0.29, 0.717) is 4.47 Å². The van der Waals surface area contributed by atoms with Gasteiger partial charge in [0, 0.05) is 29.9 Å². The maximum Gasteiger partial charge on any atom is 0.183 e. The first-order chi connectivity index (χ1) is 9.20. The summed E-state index contributed by atoms with van der Waals surface area (Å²) in [6, 6.07) is 6.66. The summed E-state index contributed by atoms with van der Waals surface area (Å²) in [5.41, 5.74) is 4.07. The first-order valence-electron chi connectivity index (χ1n) is 6.35. The molecule has 100 valence electrons. The second-order valence-corrected chi connectivity index (χ2v) is 6.60. The van der Waals surface area contributed by atoms with Crippen LogP contribution in [0.3, 0.4) is 0 Å². The van der Waals surface area contributed by atoms with Crippen LogP contribution in [0.1, 0.15) is 16.0 Å². The molecule has 0 unspecified atom stereocenters. The van der Waals surface area contributed by atoms with Crippen molar-refractivity contribution in [2.45, 2.75) is 19.5 Å². The zero-order valence-corrected chi connectivity index (χ0v) is 12.4. The summed E-state index contributed by atoms with van der Waals surface area (Å²) in [4.78, 5) is 7.56. The number of hydrogen-bond donors (Lipinski definition) is 1. The molecule has 2 heterocycles. The van der Waals surface area contributed by atoms with Gasteiger partial charge < -0.3 is 10.2 Å². The van der Waals surface area contributed by atoms with Gasteiger partial charge in [-0.1, -0.05) is 17.7 Å². The number of nitrogens with one attached hydrogen (secondary N) is 1. The first kappa shape index (κ1) is 12.9. The van der Waals surface area contributed by atoms with Crippen molar-refractivity contribution in [1.29, 1.82) is 0 Å². The number of aromatic nitrogens is 1. The molecule has 0 radical (unpaired) electrons. The van der Waals surface area contributed by atoms with Crippen LogP contribution in [0.4, 0.5) is 5.69 Å². The Balaban J connectivity index is 1.70. The van der Waals surface area contributed by atoms with Gasteiger partial charge in [-0.3, -0.25) is 0 Å². The molecule has 1 aromatic heterocycles. The smallest absolute Gasteiger partial charge is 0.183 e. The van der Waals surface area contributed by atoms with E-state index in [1.54, 1.807) is 0 Å². The van der Waals surface area contributed by atoms with Crippen LogP contribution in [-0.4, -0.2) is 23.5 Å². The van der Waals surface area contributed by atoms with Crippen molar-refractivity contribution in [1.82, 2.24) is 9.88 Å². The van der Waals surface area contributed by atoms with Gasteiger partial charge in [-0.25, -0.2) is 4.98 Å². The molecule has 0 spiro atoms. The summed E-state index contributed by atoms with van der Waals surface area (Å²) in [6.07, 6.45) is 2.97. The number of halogens is 1. The lowest BCUT2D eigenvalue weighted by Crippen LogP contribution is -2.26. The molecule has 3 nitrogen and oxygen atoms in total. The lowest BCUT2D eigenvalue weighted by atomic mass is 9.99. The maximum atomic E-state index is 5.83. The predicted molar refractivity (Wildman–Crippen MR) is 80.9 cm³/mol. The lowest BCUT2D eigenvalue weighted by molar-refractivity contribution is 0.313. The van der Waals surface area contributed by atoms with Crippen LogP contribution in [0.15, 0.2) is 24.4 Å². The van der Waals surface area contributed by atoms with Crippen LogP contribution in [0.2, 0.25) is 4.47 Å². The Hall–Kier alpha value is -1.10. The number of nitrogens with zero attached hydrogens (tertiary/aromatic N) is 2. The van der Waals surface area contributed by atoms with Gasteiger partial charge in [0.25, 0.3) is 0 Å². The summed E-state index contributed by atoms with van der Waals surface area (Å²) in [5, 5.41) is 3.43. The number of hydrogen-bond acceptors (Lipinski definition) is 4. The average molecular weight is 294 g/mol. The van der Waals surface area contributed by atoms with Gasteiger partial charge in [0.2, 0.25) is 0 Å². The largest absolute Gasteiger partial charge is 0.380 e. The van der Waals surface area contributed by atoms with Gasteiger partial charge >= 0.3 is 0 Å². The van der Waals surface area contributed by atoms with E-state index >= 15 is 0 Å². The highest BCUT2D eigenvalue weighted by Gasteiger charge is 2.13. The highest BCUT2D eigenvalue weighted by Crippen LogP contribution is 2.23. The number of likely N-dealkylation sites (N-methyl/N-ethyl adjacent to an activating group) is 1. The molecular formula is C14H16ClN3S. The average Bonchev–Trinajstić information content (AvgIpc) is 2.81. The maximum absolute atomic E-state index is 5.83. The number of thiazole rings is 1. The SMILES string of the molecule is CN1CCc2ccc(NCc3cnc(Cl)s3)cc2C1. The van der Waals surface area contributed by atoms with Gasteiger partial charge in [0.05, 0.1) is 6.54 Å². The molecule has 1 N–H and O–H groups in total. The van der Waals surface area contributed by atoms with Crippen molar-refractivity contribution in [3.63, 3.8) is 0 Å². The molecular weight excluding hydrogens is 278 g/mol. The third-order valence-corrected chi connectivity index (χ3v) is 4.52. The molecule has 1 aromatic carbocycles. The molecule has 0 atom stereocenters. The van der Waals surface area contributed by atoms with Gasteiger partial charge in [0.15, 0.2) is 4.47 Å². The van der Waals surface area contributed by atoms with Crippen molar-refractivity contribution in [2.75, 3.05) is 18.9 Å². The Labute approximate surface area is 122 Å². The van der Waals surface area contributed by atoms with Crippen LogP contribution >= 0.6 is 22.9 Å². The zero-order chi connectivity index (χ0) is 13.2. The lowest BCUT2D eigenvalue weighted by Gasteiger charge is -2.25. The summed E-state index contributed by atoms with van der Waals surface area (Å²) >= 11 is 7.35. The second kappa shape index (κ2) is 5.49. The number of fused-ring (bicyclic) bond motifs is 1. The van der Waals surface area contributed by atoms with Crippen LogP contribution in [-0.2, 0) is 19.5 Å². The van der Waals surface area contributed by atoms with E-state index in [0.717, 1.165) is 30.9 Å². The molecule has 0 amide bonds. The minimum Gasteiger partial charge on any atom is -0.380 e. The molecule has 0 fully saturated rings. The Kier molecular flexibility index (Phi) is 3.73. The minimum atomic E-state index is 0.601. The van der Waals surface area contributed by atoms with Crippen molar-refractivity contribution >= 4 is 28.6 Å². The van der Waals surface area contributed by atoms with Crippen molar-refractivity contribution in [3.8, 4) is 0 Å². The Bertz CT molecular complexity index is 582. The minimum absolute atomic E-state index is 0.601. The number of benzene rings is 1. The van der Waals surface area contributed by atoms with Gasteiger partial charge in [-0.2, -0.15) is 0 Å². The number of anilines is 1. The summed E-state index contributed by atoms with van der Waals surface area (Å²) in [7, 11) is 2.17. The molecule has 19 heavy (non-hydrogen) atoms. The van der Waals surface area contributed by atoms with Crippen molar-refractivity contribution in [3.05, 3.63) is 44.9 Å². The van der Waals surface area contributed by atoms with E-state index in [4.69, 9.17) is 11.6 Å². The standard InChI is InChI=1S/C14H16ClN3S/c1-18-5-4-10-2-3-12(6-11(10)9-18)16-7-13-8-17-14(15)19-13/h2-3,6,8,16H,4-5,7,9H2,1H3. The highest BCUT2D eigenvalue weighted by atomic mass is 35.5. The predicted octanol–water partition coefficient (Wildman–Crippen LogP) is 3.40. The van der Waals surface area contributed by atoms with Crippen LogP contribution in [0.25, 0.3) is 0 Å².